The van der Waals surface area contributed by atoms with E-state index in [0.29, 0.717) is 49.2 Å². The molecule has 1 saturated heterocycles. The van der Waals surface area contributed by atoms with Crippen molar-refractivity contribution in [2.24, 2.45) is 0 Å². The van der Waals surface area contributed by atoms with Crippen molar-refractivity contribution in [3.05, 3.63) is 24.2 Å². The van der Waals surface area contributed by atoms with Crippen molar-refractivity contribution in [2.75, 3.05) is 44.6 Å². The van der Waals surface area contributed by atoms with E-state index in [0.717, 1.165) is 0 Å². The summed E-state index contributed by atoms with van der Waals surface area (Å²) in [4.78, 5) is 19.1. The van der Waals surface area contributed by atoms with E-state index in [1.165, 1.54) is 13.4 Å². The summed E-state index contributed by atoms with van der Waals surface area (Å²) in [6.45, 7) is 2.58. The van der Waals surface area contributed by atoms with E-state index in [-0.39, 0.29) is 11.8 Å². The fourth-order valence-electron chi connectivity index (χ4n) is 2.45. The zero-order valence-corrected chi connectivity index (χ0v) is 14.9. The number of rotatable bonds is 5. The van der Waals surface area contributed by atoms with Gasteiger partial charge in [-0.25, -0.2) is 28.4 Å². The molecule has 0 spiro atoms. The maximum absolute atomic E-state index is 11.7. The van der Waals surface area contributed by atoms with Crippen LogP contribution < -0.4 is 9.64 Å². The lowest BCUT2D eigenvalue weighted by Gasteiger charge is -2.28. The Morgan fingerprint density at radius 2 is 1.88 bits per heavy atom. The fourth-order valence-corrected chi connectivity index (χ4v) is 3.13. The Morgan fingerprint density at radius 1 is 1.20 bits per heavy atom. The molecule has 0 atom stereocenters. The quantitative estimate of drug-likeness (QED) is 0.740. The van der Waals surface area contributed by atoms with Crippen LogP contribution in [0.15, 0.2) is 18.5 Å². The van der Waals surface area contributed by atoms with Crippen LogP contribution in [0.25, 0.3) is 11.4 Å². The number of morpholine rings is 1. The SMILES string of the molecule is COc1ncc(-c2nc(CS(C)(=O)=O)cc(N3CCOCC3)n2)cn1. The van der Waals surface area contributed by atoms with Gasteiger partial charge in [-0.15, -0.1) is 0 Å². The lowest BCUT2D eigenvalue weighted by molar-refractivity contribution is 0.122. The topological polar surface area (TPSA) is 107 Å². The first-order valence-electron chi connectivity index (χ1n) is 7.69. The molecule has 0 bridgehead atoms. The normalized spacial score (nSPS) is 15.2. The summed E-state index contributed by atoms with van der Waals surface area (Å²) in [6, 6.07) is 1.95. The Balaban J connectivity index is 2.01. The van der Waals surface area contributed by atoms with Crippen LogP contribution in [-0.2, 0) is 20.3 Å². The second-order valence-electron chi connectivity index (χ2n) is 5.67. The first-order valence-corrected chi connectivity index (χ1v) is 9.75. The molecule has 0 aromatic carbocycles. The molecule has 1 aliphatic rings. The predicted octanol–water partition coefficient (Wildman–Crippen LogP) is 0.323. The number of sulfone groups is 1. The van der Waals surface area contributed by atoms with Crippen molar-refractivity contribution in [3.63, 3.8) is 0 Å². The average molecular weight is 365 g/mol. The van der Waals surface area contributed by atoms with Gasteiger partial charge >= 0.3 is 6.01 Å². The molecule has 0 aliphatic carbocycles. The number of nitrogens with zero attached hydrogens (tertiary/aromatic N) is 5. The van der Waals surface area contributed by atoms with E-state index < -0.39 is 9.84 Å². The highest BCUT2D eigenvalue weighted by molar-refractivity contribution is 7.89. The predicted molar refractivity (Wildman–Crippen MR) is 91.2 cm³/mol. The van der Waals surface area contributed by atoms with Gasteiger partial charge in [0.25, 0.3) is 0 Å². The van der Waals surface area contributed by atoms with Crippen LogP contribution in [0.1, 0.15) is 5.69 Å². The summed E-state index contributed by atoms with van der Waals surface area (Å²) in [5, 5.41) is 0. The summed E-state index contributed by atoms with van der Waals surface area (Å²) >= 11 is 0. The van der Waals surface area contributed by atoms with Crippen LogP contribution in [0.2, 0.25) is 0 Å². The molecule has 0 amide bonds. The monoisotopic (exact) mass is 365 g/mol. The standard InChI is InChI=1S/C15H19N5O4S/c1-23-15-16-8-11(9-17-15)14-18-12(10-25(2,21)22)7-13(19-14)20-3-5-24-6-4-20/h7-9H,3-6,10H2,1-2H3. The summed E-state index contributed by atoms with van der Waals surface area (Å²) in [6.07, 6.45) is 4.28. The zero-order chi connectivity index (χ0) is 17.9. The minimum Gasteiger partial charge on any atom is -0.467 e. The van der Waals surface area contributed by atoms with Crippen molar-refractivity contribution in [1.29, 1.82) is 0 Å². The van der Waals surface area contributed by atoms with E-state index >= 15 is 0 Å². The summed E-state index contributed by atoms with van der Waals surface area (Å²) in [5.74, 6) is 0.893. The van der Waals surface area contributed by atoms with Gasteiger partial charge in [0.15, 0.2) is 15.7 Å². The summed E-state index contributed by atoms with van der Waals surface area (Å²) in [7, 11) is -1.74. The molecule has 1 fully saturated rings. The van der Waals surface area contributed by atoms with Crippen molar-refractivity contribution in [3.8, 4) is 17.4 Å². The van der Waals surface area contributed by atoms with Crippen molar-refractivity contribution in [1.82, 2.24) is 19.9 Å². The fraction of sp³-hybridized carbons (Fsp3) is 0.467. The van der Waals surface area contributed by atoms with Gasteiger partial charge in [0.2, 0.25) is 0 Å². The van der Waals surface area contributed by atoms with E-state index in [1.54, 1.807) is 18.5 Å². The Hall–Kier alpha value is -2.33. The van der Waals surface area contributed by atoms with Crippen molar-refractivity contribution < 1.29 is 17.9 Å². The van der Waals surface area contributed by atoms with Gasteiger partial charge in [0, 0.05) is 37.8 Å². The lowest BCUT2D eigenvalue weighted by Crippen LogP contribution is -2.37. The maximum Gasteiger partial charge on any atom is 0.316 e. The van der Waals surface area contributed by atoms with Gasteiger partial charge < -0.3 is 14.4 Å². The summed E-state index contributed by atoms with van der Waals surface area (Å²) < 4.78 is 33.7. The van der Waals surface area contributed by atoms with Crippen molar-refractivity contribution in [2.45, 2.75) is 5.75 Å². The molecule has 10 heteroatoms. The second kappa shape index (κ2) is 7.28. The third-order valence-electron chi connectivity index (χ3n) is 3.58. The third-order valence-corrected chi connectivity index (χ3v) is 4.40. The number of hydrogen-bond donors (Lipinski definition) is 0. The highest BCUT2D eigenvalue weighted by atomic mass is 32.2. The first kappa shape index (κ1) is 17.5. The molecular weight excluding hydrogens is 346 g/mol. The Labute approximate surface area is 146 Å². The van der Waals surface area contributed by atoms with E-state index in [2.05, 4.69) is 19.9 Å². The highest BCUT2D eigenvalue weighted by Gasteiger charge is 2.17. The number of hydrogen-bond acceptors (Lipinski definition) is 9. The second-order valence-corrected chi connectivity index (χ2v) is 7.81. The van der Waals surface area contributed by atoms with Crippen LogP contribution in [0, 0.1) is 0 Å². The largest absolute Gasteiger partial charge is 0.467 e. The molecule has 3 rings (SSSR count). The van der Waals surface area contributed by atoms with E-state index in [1.807, 2.05) is 4.90 Å². The molecular formula is C15H19N5O4S. The zero-order valence-electron chi connectivity index (χ0n) is 14.0. The molecule has 134 valence electrons. The number of anilines is 1. The Bertz CT molecular complexity index is 836. The minimum atomic E-state index is -3.22. The van der Waals surface area contributed by atoms with Crippen LogP contribution in [0.4, 0.5) is 5.82 Å². The van der Waals surface area contributed by atoms with Gasteiger partial charge in [-0.05, 0) is 0 Å². The molecule has 0 saturated carbocycles. The molecule has 1 aliphatic heterocycles. The van der Waals surface area contributed by atoms with Gasteiger partial charge in [-0.1, -0.05) is 0 Å². The van der Waals surface area contributed by atoms with Gasteiger partial charge in [0.05, 0.1) is 37.3 Å². The van der Waals surface area contributed by atoms with Gasteiger partial charge in [-0.3, -0.25) is 0 Å². The Kier molecular flexibility index (Phi) is 5.09. The number of ether oxygens (including phenoxy) is 2. The first-order chi connectivity index (χ1) is 11.9. The van der Waals surface area contributed by atoms with Crippen LogP contribution in [0.5, 0.6) is 6.01 Å². The molecule has 25 heavy (non-hydrogen) atoms. The lowest BCUT2D eigenvalue weighted by atomic mass is 10.3. The third kappa shape index (κ3) is 4.60. The Morgan fingerprint density at radius 3 is 2.48 bits per heavy atom. The molecule has 3 heterocycles. The van der Waals surface area contributed by atoms with Crippen molar-refractivity contribution >= 4 is 15.7 Å². The maximum atomic E-state index is 11.7. The molecule has 0 N–H and O–H groups in total. The molecule has 2 aromatic heterocycles. The van der Waals surface area contributed by atoms with Crippen LogP contribution in [-0.4, -0.2) is 68.0 Å². The highest BCUT2D eigenvalue weighted by Crippen LogP contribution is 2.21. The molecule has 0 radical (unpaired) electrons. The van der Waals surface area contributed by atoms with Gasteiger partial charge in [0.1, 0.15) is 5.82 Å². The smallest absolute Gasteiger partial charge is 0.316 e. The summed E-state index contributed by atoms with van der Waals surface area (Å²) in [5.41, 5.74) is 1.02. The molecule has 2 aromatic rings. The number of methoxy groups -OCH3 is 1. The van der Waals surface area contributed by atoms with Crippen LogP contribution >= 0.6 is 0 Å². The van der Waals surface area contributed by atoms with Gasteiger partial charge in [-0.2, -0.15) is 0 Å². The minimum absolute atomic E-state index is 0.156. The van der Waals surface area contributed by atoms with E-state index in [4.69, 9.17) is 9.47 Å². The molecule has 0 unspecified atom stereocenters. The average Bonchev–Trinajstić information content (AvgIpc) is 2.61. The van der Waals surface area contributed by atoms with Crippen LogP contribution in [0.3, 0.4) is 0 Å². The molecule has 9 nitrogen and oxygen atoms in total. The number of aromatic nitrogens is 4. The van der Waals surface area contributed by atoms with E-state index in [9.17, 15) is 8.42 Å².